The van der Waals surface area contributed by atoms with Gasteiger partial charge in [0.15, 0.2) is 0 Å². The second-order valence-electron chi connectivity index (χ2n) is 9.86. The Balaban J connectivity index is 1.35. The maximum absolute atomic E-state index is 13.1. The molecular weight excluding hydrogens is 344 g/mol. The Morgan fingerprint density at radius 3 is 2.14 bits per heavy atom. The predicted octanol–water partition coefficient (Wildman–Crippen LogP) is 5.57. The first-order valence-corrected chi connectivity index (χ1v) is 10.9. The van der Waals surface area contributed by atoms with E-state index in [1.807, 2.05) is 12.1 Å². The van der Waals surface area contributed by atoms with E-state index < -0.39 is 0 Å². The molecule has 0 radical (unpaired) electrons. The molecule has 146 valence electrons. The number of amides is 1. The van der Waals surface area contributed by atoms with Crippen LogP contribution >= 0.6 is 0 Å². The van der Waals surface area contributed by atoms with Crippen LogP contribution in [0.1, 0.15) is 74.3 Å². The Labute approximate surface area is 168 Å². The molecule has 4 saturated carbocycles. The molecular formula is C25H30N2O. The molecule has 0 aliphatic heterocycles. The van der Waals surface area contributed by atoms with E-state index in [1.54, 1.807) is 6.20 Å². The molecule has 1 aromatic carbocycles. The first-order valence-electron chi connectivity index (χ1n) is 10.9. The van der Waals surface area contributed by atoms with Crippen LogP contribution in [0.2, 0.25) is 0 Å². The smallest absolute Gasteiger partial charge is 0.270 e. The largest absolute Gasteiger partial charge is 0.345 e. The van der Waals surface area contributed by atoms with Gasteiger partial charge in [-0.05, 0) is 91.0 Å². The zero-order valence-corrected chi connectivity index (χ0v) is 16.9. The Morgan fingerprint density at radius 2 is 1.57 bits per heavy atom. The second-order valence-corrected chi connectivity index (χ2v) is 9.86. The van der Waals surface area contributed by atoms with E-state index >= 15 is 0 Å². The third kappa shape index (κ3) is 3.25. The summed E-state index contributed by atoms with van der Waals surface area (Å²) in [4.78, 5) is 17.5. The molecule has 2 aromatic rings. The normalized spacial score (nSPS) is 30.6. The summed E-state index contributed by atoms with van der Waals surface area (Å²) >= 11 is 0. The van der Waals surface area contributed by atoms with Crippen molar-refractivity contribution in [2.75, 3.05) is 0 Å². The predicted molar refractivity (Wildman–Crippen MR) is 112 cm³/mol. The van der Waals surface area contributed by atoms with Crippen molar-refractivity contribution in [3.63, 3.8) is 0 Å². The molecule has 4 fully saturated rings. The van der Waals surface area contributed by atoms with Crippen LogP contribution in [0.25, 0.3) is 11.1 Å². The van der Waals surface area contributed by atoms with E-state index in [9.17, 15) is 4.79 Å². The summed E-state index contributed by atoms with van der Waals surface area (Å²) < 4.78 is 0. The summed E-state index contributed by atoms with van der Waals surface area (Å²) in [6, 6.07) is 12.6. The monoisotopic (exact) mass is 374 g/mol. The molecule has 1 heterocycles. The second kappa shape index (κ2) is 6.72. The van der Waals surface area contributed by atoms with Gasteiger partial charge in [0, 0.05) is 11.7 Å². The topological polar surface area (TPSA) is 42.0 Å². The number of pyridine rings is 1. The summed E-state index contributed by atoms with van der Waals surface area (Å²) in [5.74, 6) is 3.00. The van der Waals surface area contributed by atoms with Crippen molar-refractivity contribution in [2.45, 2.75) is 63.8 Å². The van der Waals surface area contributed by atoms with Gasteiger partial charge in [0.1, 0.15) is 5.69 Å². The molecule has 4 bridgehead atoms. The number of nitrogens with zero attached hydrogens (tertiary/aromatic N) is 1. The first kappa shape index (κ1) is 17.9. The van der Waals surface area contributed by atoms with E-state index in [2.05, 4.69) is 48.4 Å². The van der Waals surface area contributed by atoms with Gasteiger partial charge in [0.25, 0.3) is 5.91 Å². The number of benzene rings is 1. The van der Waals surface area contributed by atoms with Crippen LogP contribution in [0.15, 0.2) is 42.6 Å². The highest BCUT2D eigenvalue weighted by atomic mass is 16.2. The minimum atomic E-state index is 0.00241. The molecule has 0 saturated heterocycles. The molecule has 0 unspecified atom stereocenters. The molecule has 6 rings (SSSR count). The number of hydrogen-bond donors (Lipinski definition) is 1. The van der Waals surface area contributed by atoms with E-state index in [0.29, 0.717) is 11.6 Å². The van der Waals surface area contributed by atoms with Crippen molar-refractivity contribution in [2.24, 2.45) is 17.8 Å². The quantitative estimate of drug-likeness (QED) is 0.760. The van der Waals surface area contributed by atoms with Crippen LogP contribution in [0, 0.1) is 17.8 Å². The van der Waals surface area contributed by atoms with Crippen LogP contribution in [-0.4, -0.2) is 16.4 Å². The van der Waals surface area contributed by atoms with Gasteiger partial charge >= 0.3 is 0 Å². The van der Waals surface area contributed by atoms with E-state index in [0.717, 1.165) is 28.9 Å². The fourth-order valence-electron chi connectivity index (χ4n) is 6.36. The number of hydrogen-bond acceptors (Lipinski definition) is 2. The average molecular weight is 375 g/mol. The summed E-state index contributed by atoms with van der Waals surface area (Å²) in [5, 5.41) is 3.44. The lowest BCUT2D eigenvalue weighted by Gasteiger charge is -2.56. The first-order chi connectivity index (χ1) is 13.5. The molecule has 4 aliphatic rings. The Kier molecular flexibility index (Phi) is 4.30. The van der Waals surface area contributed by atoms with E-state index in [1.165, 1.54) is 44.1 Å². The standard InChI is InChI=1S/C25H30N2O/c1-16(2)20-3-5-21(6-4-20)22-7-8-26-23(12-22)24(28)27-25-13-17-9-18(14-25)11-19(10-17)15-25/h3-8,12,16-19H,9-11,13-15H2,1-2H3,(H,27,28). The average Bonchev–Trinajstić information content (AvgIpc) is 2.67. The number of aromatic nitrogens is 1. The fraction of sp³-hybridized carbons (Fsp3) is 0.520. The van der Waals surface area contributed by atoms with Gasteiger partial charge in [-0.1, -0.05) is 38.1 Å². The van der Waals surface area contributed by atoms with Crippen molar-refractivity contribution in [3.05, 3.63) is 53.9 Å². The van der Waals surface area contributed by atoms with Gasteiger partial charge in [-0.25, -0.2) is 0 Å². The summed E-state index contributed by atoms with van der Waals surface area (Å²) in [7, 11) is 0. The zero-order chi connectivity index (χ0) is 19.3. The number of nitrogens with one attached hydrogen (secondary N) is 1. The molecule has 4 aliphatic carbocycles. The van der Waals surface area contributed by atoms with Crippen molar-refractivity contribution >= 4 is 5.91 Å². The lowest BCUT2D eigenvalue weighted by molar-refractivity contribution is -0.0167. The van der Waals surface area contributed by atoms with Crippen LogP contribution in [0.4, 0.5) is 0 Å². The van der Waals surface area contributed by atoms with Crippen molar-refractivity contribution in [1.29, 1.82) is 0 Å². The van der Waals surface area contributed by atoms with E-state index in [-0.39, 0.29) is 11.4 Å². The highest BCUT2D eigenvalue weighted by Gasteiger charge is 2.51. The van der Waals surface area contributed by atoms with E-state index in [4.69, 9.17) is 0 Å². The zero-order valence-electron chi connectivity index (χ0n) is 16.9. The molecule has 1 N–H and O–H groups in total. The van der Waals surface area contributed by atoms with Gasteiger partial charge in [-0.2, -0.15) is 0 Å². The lowest BCUT2D eigenvalue weighted by atomic mass is 9.53. The van der Waals surface area contributed by atoms with Crippen molar-refractivity contribution < 1.29 is 4.79 Å². The number of carbonyl (C=O) groups excluding carboxylic acids is 1. The molecule has 3 nitrogen and oxygen atoms in total. The molecule has 28 heavy (non-hydrogen) atoms. The lowest BCUT2D eigenvalue weighted by Crippen LogP contribution is -2.59. The maximum Gasteiger partial charge on any atom is 0.270 e. The number of rotatable bonds is 4. The third-order valence-electron chi connectivity index (χ3n) is 7.32. The Hall–Kier alpha value is -2.16. The molecule has 1 amide bonds. The van der Waals surface area contributed by atoms with Gasteiger partial charge in [-0.3, -0.25) is 9.78 Å². The molecule has 0 atom stereocenters. The van der Waals surface area contributed by atoms with Gasteiger partial charge in [0.05, 0.1) is 0 Å². The van der Waals surface area contributed by atoms with Gasteiger partial charge in [0.2, 0.25) is 0 Å². The molecule has 1 aromatic heterocycles. The molecule has 3 heteroatoms. The Bertz CT molecular complexity index is 848. The highest BCUT2D eigenvalue weighted by Crippen LogP contribution is 2.55. The minimum Gasteiger partial charge on any atom is -0.345 e. The van der Waals surface area contributed by atoms with Gasteiger partial charge in [-0.15, -0.1) is 0 Å². The summed E-state index contributed by atoms with van der Waals surface area (Å²) in [5.41, 5.74) is 4.10. The fourth-order valence-corrected chi connectivity index (χ4v) is 6.36. The number of carbonyl (C=O) groups is 1. The minimum absolute atomic E-state index is 0.00241. The SMILES string of the molecule is CC(C)c1ccc(-c2ccnc(C(=O)NC34CC5CC(CC(C5)C3)C4)c2)cc1. The van der Waals surface area contributed by atoms with Crippen LogP contribution in [0.5, 0.6) is 0 Å². The van der Waals surface area contributed by atoms with Crippen LogP contribution < -0.4 is 5.32 Å². The van der Waals surface area contributed by atoms with Crippen LogP contribution in [0.3, 0.4) is 0 Å². The van der Waals surface area contributed by atoms with Crippen molar-refractivity contribution in [1.82, 2.24) is 10.3 Å². The summed E-state index contributed by atoms with van der Waals surface area (Å²) in [6.45, 7) is 4.41. The molecule has 0 spiro atoms. The van der Waals surface area contributed by atoms with Gasteiger partial charge < -0.3 is 5.32 Å². The summed E-state index contributed by atoms with van der Waals surface area (Å²) in [6.07, 6.45) is 9.42. The third-order valence-corrected chi connectivity index (χ3v) is 7.32. The maximum atomic E-state index is 13.1. The highest BCUT2D eigenvalue weighted by molar-refractivity contribution is 5.94. The van der Waals surface area contributed by atoms with Crippen LogP contribution in [-0.2, 0) is 0 Å². The van der Waals surface area contributed by atoms with Crippen molar-refractivity contribution in [3.8, 4) is 11.1 Å². The Morgan fingerprint density at radius 1 is 0.964 bits per heavy atom.